The smallest absolute Gasteiger partial charge is 0.354 e. The van der Waals surface area contributed by atoms with Crippen molar-refractivity contribution in [1.82, 2.24) is 14.5 Å². The highest BCUT2D eigenvalue weighted by Gasteiger charge is 2.33. The van der Waals surface area contributed by atoms with Crippen molar-refractivity contribution in [2.75, 3.05) is 11.9 Å². The van der Waals surface area contributed by atoms with Gasteiger partial charge in [-0.15, -0.1) is 0 Å². The van der Waals surface area contributed by atoms with E-state index in [1.165, 1.54) is 10.9 Å². The molecule has 1 saturated heterocycles. The molecular weight excluding hydrogens is 305 g/mol. The normalized spacial score (nSPS) is 28.2. The number of nitrogen functional groups attached to an aromatic ring is 1. The molecule has 2 rings (SSSR count). The van der Waals surface area contributed by atoms with Crippen LogP contribution in [-0.2, 0) is 9.30 Å². The lowest BCUT2D eigenvalue weighted by Crippen LogP contribution is -2.28. The summed E-state index contributed by atoms with van der Waals surface area (Å²) in [5.41, 5.74) is 4.92. The molecule has 1 aromatic heterocycles. The first-order valence-electron chi connectivity index (χ1n) is 5.78. The molecule has 19 heavy (non-hydrogen) atoms. The van der Waals surface area contributed by atoms with Crippen LogP contribution < -0.4 is 11.4 Å². The second-order valence-electron chi connectivity index (χ2n) is 4.33. The summed E-state index contributed by atoms with van der Waals surface area (Å²) in [7, 11) is 1.28. The molecule has 2 N–H and O–H groups in total. The summed E-state index contributed by atoms with van der Waals surface area (Å²) < 4.78 is 17.7. The molecule has 0 spiro atoms. The SMILES string of the molecule is CC1C[C@H](n2cnc(N)nc2=O)O[C@@H]1CPPP=O. The molecule has 0 radical (unpaired) electrons. The van der Waals surface area contributed by atoms with Gasteiger partial charge in [-0.25, -0.2) is 9.78 Å². The van der Waals surface area contributed by atoms with Crippen molar-refractivity contribution >= 4 is 30.3 Å². The molecule has 1 aliphatic rings. The fraction of sp³-hybridized carbons (Fsp3) is 0.667. The Kier molecular flexibility index (Phi) is 5.35. The molecule has 0 saturated carbocycles. The van der Waals surface area contributed by atoms with Crippen molar-refractivity contribution in [2.45, 2.75) is 25.7 Å². The predicted octanol–water partition coefficient (Wildman–Crippen LogP) is 1.62. The number of nitrogens with two attached hydrogens (primary N) is 1. The van der Waals surface area contributed by atoms with Crippen LogP contribution in [0.3, 0.4) is 0 Å². The van der Waals surface area contributed by atoms with Crippen molar-refractivity contribution in [3.05, 3.63) is 16.8 Å². The van der Waals surface area contributed by atoms with Crippen LogP contribution in [0.4, 0.5) is 5.95 Å². The second-order valence-corrected chi connectivity index (χ2v) is 9.79. The van der Waals surface area contributed by atoms with Crippen LogP contribution in [0.2, 0.25) is 0 Å². The zero-order chi connectivity index (χ0) is 13.8. The van der Waals surface area contributed by atoms with Crippen molar-refractivity contribution in [1.29, 1.82) is 0 Å². The number of rotatable bonds is 5. The second kappa shape index (κ2) is 6.81. The van der Waals surface area contributed by atoms with E-state index in [9.17, 15) is 9.36 Å². The Morgan fingerprint density at radius 2 is 2.47 bits per heavy atom. The molecule has 3 unspecified atom stereocenters. The third-order valence-electron chi connectivity index (χ3n) is 3.02. The Morgan fingerprint density at radius 1 is 1.68 bits per heavy atom. The van der Waals surface area contributed by atoms with E-state index in [0.717, 1.165) is 12.6 Å². The summed E-state index contributed by atoms with van der Waals surface area (Å²) in [6.45, 7) is 2.09. The summed E-state index contributed by atoms with van der Waals surface area (Å²) in [6.07, 6.45) is 2.79. The lowest BCUT2D eigenvalue weighted by Gasteiger charge is -2.15. The van der Waals surface area contributed by atoms with Gasteiger partial charge in [-0.1, -0.05) is 15.2 Å². The van der Waals surface area contributed by atoms with Gasteiger partial charge >= 0.3 is 5.69 Å². The van der Waals surface area contributed by atoms with E-state index in [-0.39, 0.29) is 26.4 Å². The Bertz CT molecular complexity index is 512. The first-order chi connectivity index (χ1) is 9.11. The Labute approximate surface area is 115 Å². The molecule has 1 aromatic rings. The first kappa shape index (κ1) is 14.9. The average Bonchev–Trinajstić information content (AvgIpc) is 2.71. The minimum Gasteiger partial charge on any atom is -0.368 e. The van der Waals surface area contributed by atoms with Gasteiger partial charge in [0.25, 0.3) is 0 Å². The molecule has 5 atom stereocenters. The molecule has 0 bridgehead atoms. The maximum absolute atomic E-state index is 11.7. The Balaban J connectivity index is 2.03. The summed E-state index contributed by atoms with van der Waals surface area (Å²) in [6, 6.07) is 0. The first-order valence-corrected chi connectivity index (χ1v) is 10.6. The zero-order valence-electron chi connectivity index (χ0n) is 10.3. The summed E-state index contributed by atoms with van der Waals surface area (Å²) in [5, 5.41) is 0. The van der Waals surface area contributed by atoms with E-state index < -0.39 is 5.69 Å². The highest BCUT2D eigenvalue weighted by molar-refractivity contribution is 8.40. The quantitative estimate of drug-likeness (QED) is 0.653. The maximum Gasteiger partial charge on any atom is 0.354 e. The number of anilines is 1. The largest absolute Gasteiger partial charge is 0.368 e. The van der Waals surface area contributed by atoms with E-state index >= 15 is 0 Å². The third-order valence-corrected chi connectivity index (χ3v) is 7.48. The number of aromatic nitrogens is 3. The molecule has 1 fully saturated rings. The van der Waals surface area contributed by atoms with Crippen LogP contribution in [0.1, 0.15) is 19.6 Å². The van der Waals surface area contributed by atoms with Gasteiger partial charge in [-0.3, -0.25) is 9.13 Å². The molecule has 10 heteroatoms. The van der Waals surface area contributed by atoms with Crippen molar-refractivity contribution in [2.24, 2.45) is 5.92 Å². The van der Waals surface area contributed by atoms with E-state index in [4.69, 9.17) is 10.5 Å². The third kappa shape index (κ3) is 3.76. The van der Waals surface area contributed by atoms with Gasteiger partial charge in [-0.2, -0.15) is 4.98 Å². The van der Waals surface area contributed by atoms with Crippen LogP contribution in [0, 0.1) is 5.92 Å². The van der Waals surface area contributed by atoms with Gasteiger partial charge in [0.15, 0.2) is 8.15 Å². The fourth-order valence-electron chi connectivity index (χ4n) is 2.02. The monoisotopic (exact) mass is 320 g/mol. The van der Waals surface area contributed by atoms with Crippen LogP contribution >= 0.6 is 24.4 Å². The van der Waals surface area contributed by atoms with E-state index in [0.29, 0.717) is 22.1 Å². The molecule has 0 aliphatic carbocycles. The van der Waals surface area contributed by atoms with Gasteiger partial charge in [0.05, 0.1) is 6.10 Å². The van der Waals surface area contributed by atoms with Gasteiger partial charge in [0, 0.05) is 0 Å². The number of hydrogen-bond donors (Lipinski definition) is 1. The van der Waals surface area contributed by atoms with E-state index in [2.05, 4.69) is 16.9 Å². The molecule has 104 valence electrons. The van der Waals surface area contributed by atoms with E-state index in [1.807, 2.05) is 0 Å². The van der Waals surface area contributed by atoms with Gasteiger partial charge in [0.1, 0.15) is 12.6 Å². The summed E-state index contributed by atoms with van der Waals surface area (Å²) in [4.78, 5) is 19.1. The van der Waals surface area contributed by atoms with Gasteiger partial charge in [-0.05, 0) is 26.5 Å². The molecule has 0 aromatic carbocycles. The van der Waals surface area contributed by atoms with Crippen LogP contribution in [0.15, 0.2) is 11.1 Å². The minimum atomic E-state index is -0.437. The van der Waals surface area contributed by atoms with Crippen LogP contribution in [-0.4, -0.2) is 26.8 Å². The topological polar surface area (TPSA) is 100 Å². The lowest BCUT2D eigenvalue weighted by molar-refractivity contribution is 0.00465. The fourth-order valence-corrected chi connectivity index (χ4v) is 5.35. The highest BCUT2D eigenvalue weighted by atomic mass is 32.4. The number of nitrogens with zero attached hydrogens (tertiary/aromatic N) is 3. The zero-order valence-corrected chi connectivity index (χ0v) is 13.2. The maximum atomic E-state index is 11.7. The Hall–Kier alpha value is -0.470. The standard InChI is InChI=1S/C9H15N4O3P3/c1-5-2-7(16-6(5)3-17-19-18-15)13-4-11-8(10)12-9(13)14/h4-7,17,19H,2-3H2,1H3,(H2,10,12,14)/t5?,6-,7-/m1/s1. The molecule has 0 amide bonds. The summed E-state index contributed by atoms with van der Waals surface area (Å²) >= 11 is 0. The van der Waals surface area contributed by atoms with Crippen molar-refractivity contribution in [3.8, 4) is 0 Å². The van der Waals surface area contributed by atoms with Crippen molar-refractivity contribution < 1.29 is 9.30 Å². The van der Waals surface area contributed by atoms with Gasteiger partial charge < -0.3 is 10.5 Å². The van der Waals surface area contributed by atoms with Crippen LogP contribution in [0.25, 0.3) is 0 Å². The van der Waals surface area contributed by atoms with Gasteiger partial charge in [0.2, 0.25) is 5.95 Å². The minimum absolute atomic E-state index is 0.0269. The molecule has 2 heterocycles. The lowest BCUT2D eigenvalue weighted by atomic mass is 10.1. The highest BCUT2D eigenvalue weighted by Crippen LogP contribution is 2.49. The predicted molar refractivity (Wildman–Crippen MR) is 77.5 cm³/mol. The van der Waals surface area contributed by atoms with Crippen molar-refractivity contribution in [3.63, 3.8) is 0 Å². The Morgan fingerprint density at radius 3 is 3.16 bits per heavy atom. The summed E-state index contributed by atoms with van der Waals surface area (Å²) in [5.74, 6) is 0.330. The molecule has 7 nitrogen and oxygen atoms in total. The van der Waals surface area contributed by atoms with E-state index in [1.54, 1.807) is 0 Å². The molecule has 1 aliphatic heterocycles. The van der Waals surface area contributed by atoms with Crippen LogP contribution in [0.5, 0.6) is 0 Å². The number of hydrogen-bond acceptors (Lipinski definition) is 6. The average molecular weight is 320 g/mol. The number of ether oxygens (including phenoxy) is 1. The molecular formula is C9H15N4O3P3.